The lowest BCUT2D eigenvalue weighted by Gasteiger charge is -2.47. The Morgan fingerprint density at radius 3 is 2.44 bits per heavy atom. The largest absolute Gasteiger partial charge is 0.381 e. The average Bonchev–Trinajstić information content (AvgIpc) is 2.46. The van der Waals surface area contributed by atoms with Crippen LogP contribution in [0.3, 0.4) is 0 Å². The van der Waals surface area contributed by atoms with Crippen molar-refractivity contribution in [2.75, 3.05) is 26.9 Å². The zero-order valence-corrected chi connectivity index (χ0v) is 12.0. The minimum absolute atomic E-state index is 0.0796. The molecular formula is C15H29NO2. The lowest BCUT2D eigenvalue weighted by atomic mass is 9.72. The molecule has 0 amide bonds. The molecule has 2 fully saturated rings. The van der Waals surface area contributed by atoms with Gasteiger partial charge in [-0.25, -0.2) is 0 Å². The second-order valence-electron chi connectivity index (χ2n) is 5.81. The Morgan fingerprint density at radius 2 is 1.89 bits per heavy atom. The highest BCUT2D eigenvalue weighted by Gasteiger charge is 2.43. The molecule has 1 saturated heterocycles. The van der Waals surface area contributed by atoms with E-state index in [2.05, 4.69) is 12.2 Å². The molecule has 1 saturated carbocycles. The van der Waals surface area contributed by atoms with E-state index in [9.17, 15) is 0 Å². The fraction of sp³-hybridized carbons (Fsp3) is 1.00. The van der Waals surface area contributed by atoms with Gasteiger partial charge in [-0.2, -0.15) is 0 Å². The molecule has 0 spiro atoms. The number of hydrogen-bond acceptors (Lipinski definition) is 3. The number of methoxy groups -OCH3 is 1. The van der Waals surface area contributed by atoms with Gasteiger partial charge >= 0.3 is 0 Å². The first-order chi connectivity index (χ1) is 8.82. The van der Waals surface area contributed by atoms with Crippen molar-refractivity contribution in [2.45, 2.75) is 63.5 Å². The molecule has 1 heterocycles. The number of likely N-dealkylation sites (N-methyl/N-ethyl adjacent to an activating group) is 1. The van der Waals surface area contributed by atoms with Gasteiger partial charge in [0.15, 0.2) is 0 Å². The van der Waals surface area contributed by atoms with Crippen molar-refractivity contribution in [3.05, 3.63) is 0 Å². The molecule has 1 unspecified atom stereocenters. The minimum Gasteiger partial charge on any atom is -0.381 e. The summed E-state index contributed by atoms with van der Waals surface area (Å²) in [6, 6.07) is 0.511. The van der Waals surface area contributed by atoms with Crippen LogP contribution in [0.5, 0.6) is 0 Å². The van der Waals surface area contributed by atoms with E-state index in [1.165, 1.54) is 44.9 Å². The Bertz CT molecular complexity index is 233. The minimum atomic E-state index is 0.0796. The number of rotatable bonds is 5. The molecule has 1 atom stereocenters. The molecule has 3 nitrogen and oxygen atoms in total. The van der Waals surface area contributed by atoms with E-state index < -0.39 is 0 Å². The van der Waals surface area contributed by atoms with Crippen molar-refractivity contribution in [1.29, 1.82) is 0 Å². The summed E-state index contributed by atoms with van der Waals surface area (Å²) in [5.41, 5.74) is 0.0796. The van der Waals surface area contributed by atoms with Gasteiger partial charge in [0.1, 0.15) is 0 Å². The van der Waals surface area contributed by atoms with Crippen molar-refractivity contribution in [3.8, 4) is 0 Å². The number of ether oxygens (including phenoxy) is 2. The molecule has 0 bridgehead atoms. The highest BCUT2D eigenvalue weighted by Crippen LogP contribution is 2.39. The van der Waals surface area contributed by atoms with Gasteiger partial charge in [-0.1, -0.05) is 26.2 Å². The van der Waals surface area contributed by atoms with E-state index in [1.54, 1.807) is 0 Å². The van der Waals surface area contributed by atoms with Crippen molar-refractivity contribution in [2.24, 2.45) is 5.92 Å². The summed E-state index contributed by atoms with van der Waals surface area (Å²) in [7, 11) is 1.91. The summed E-state index contributed by atoms with van der Waals surface area (Å²) >= 11 is 0. The van der Waals surface area contributed by atoms with Crippen LogP contribution in [0.25, 0.3) is 0 Å². The van der Waals surface area contributed by atoms with Crippen LogP contribution >= 0.6 is 0 Å². The quantitative estimate of drug-likeness (QED) is 0.819. The third kappa shape index (κ3) is 3.06. The maximum Gasteiger partial charge on any atom is 0.0833 e. The molecule has 2 aliphatic rings. The molecule has 0 radical (unpaired) electrons. The van der Waals surface area contributed by atoms with Crippen LogP contribution < -0.4 is 5.32 Å². The summed E-state index contributed by atoms with van der Waals surface area (Å²) in [6.07, 6.45) is 8.82. The fourth-order valence-electron chi connectivity index (χ4n) is 3.84. The Hall–Kier alpha value is -0.120. The maximum absolute atomic E-state index is 6.04. The van der Waals surface area contributed by atoms with E-state index in [-0.39, 0.29) is 5.60 Å². The predicted molar refractivity (Wildman–Crippen MR) is 73.8 cm³/mol. The standard InChI is InChI=1S/C15H29NO2/c1-3-16-14(13-7-11-18-12-8-13)15(17-2)9-5-4-6-10-15/h13-14,16H,3-12H2,1-2H3. The van der Waals surface area contributed by atoms with Gasteiger partial charge in [0.05, 0.1) is 5.60 Å². The van der Waals surface area contributed by atoms with Crippen molar-refractivity contribution < 1.29 is 9.47 Å². The van der Waals surface area contributed by atoms with Crippen molar-refractivity contribution in [3.63, 3.8) is 0 Å². The van der Waals surface area contributed by atoms with Gasteiger partial charge in [-0.05, 0) is 38.1 Å². The summed E-state index contributed by atoms with van der Waals surface area (Å²) in [4.78, 5) is 0. The summed E-state index contributed by atoms with van der Waals surface area (Å²) in [5.74, 6) is 0.719. The molecule has 0 aromatic carbocycles. The molecule has 3 heteroatoms. The Balaban J connectivity index is 2.09. The molecule has 2 rings (SSSR count). The van der Waals surface area contributed by atoms with Gasteiger partial charge in [-0.15, -0.1) is 0 Å². The maximum atomic E-state index is 6.04. The summed E-state index contributed by atoms with van der Waals surface area (Å²) < 4.78 is 11.6. The SMILES string of the molecule is CCNC(C1CCOCC1)C1(OC)CCCCC1. The van der Waals surface area contributed by atoms with E-state index in [4.69, 9.17) is 9.47 Å². The lowest BCUT2D eigenvalue weighted by molar-refractivity contribution is -0.0929. The van der Waals surface area contributed by atoms with E-state index in [1.807, 2.05) is 7.11 Å². The smallest absolute Gasteiger partial charge is 0.0833 e. The van der Waals surface area contributed by atoms with Crippen LogP contribution in [0.1, 0.15) is 51.9 Å². The first-order valence-electron chi connectivity index (χ1n) is 7.68. The van der Waals surface area contributed by atoms with Crippen LogP contribution in [-0.2, 0) is 9.47 Å². The van der Waals surface area contributed by atoms with E-state index >= 15 is 0 Å². The monoisotopic (exact) mass is 255 g/mol. The van der Waals surface area contributed by atoms with Crippen LogP contribution in [-0.4, -0.2) is 38.5 Å². The predicted octanol–water partition coefficient (Wildman–Crippen LogP) is 2.74. The fourth-order valence-corrected chi connectivity index (χ4v) is 3.84. The molecule has 1 N–H and O–H groups in total. The van der Waals surface area contributed by atoms with Crippen molar-refractivity contribution >= 4 is 0 Å². The van der Waals surface area contributed by atoms with Crippen LogP contribution in [0, 0.1) is 5.92 Å². The van der Waals surface area contributed by atoms with Crippen LogP contribution in [0.15, 0.2) is 0 Å². The van der Waals surface area contributed by atoms with Crippen LogP contribution in [0.4, 0.5) is 0 Å². The van der Waals surface area contributed by atoms with Crippen LogP contribution in [0.2, 0.25) is 0 Å². The molecule has 0 aromatic rings. The van der Waals surface area contributed by atoms with Gasteiger partial charge in [0, 0.05) is 26.4 Å². The van der Waals surface area contributed by atoms with Gasteiger partial charge in [0.2, 0.25) is 0 Å². The van der Waals surface area contributed by atoms with E-state index in [0.29, 0.717) is 6.04 Å². The first-order valence-corrected chi connectivity index (χ1v) is 7.68. The normalized spacial score (nSPS) is 27.0. The molecule has 0 aromatic heterocycles. The van der Waals surface area contributed by atoms with Gasteiger partial charge in [-0.3, -0.25) is 0 Å². The Kier molecular flexibility index (Phi) is 5.46. The second kappa shape index (κ2) is 6.88. The molecule has 18 heavy (non-hydrogen) atoms. The van der Waals surface area contributed by atoms with Crippen molar-refractivity contribution in [1.82, 2.24) is 5.32 Å². The number of nitrogens with one attached hydrogen (secondary N) is 1. The third-order valence-corrected chi connectivity index (χ3v) is 4.83. The van der Waals surface area contributed by atoms with Gasteiger partial charge in [0.25, 0.3) is 0 Å². The highest BCUT2D eigenvalue weighted by molar-refractivity contribution is 4.99. The third-order valence-electron chi connectivity index (χ3n) is 4.83. The first kappa shape index (κ1) is 14.3. The van der Waals surface area contributed by atoms with E-state index in [0.717, 1.165) is 25.7 Å². The highest BCUT2D eigenvalue weighted by atomic mass is 16.5. The zero-order valence-electron chi connectivity index (χ0n) is 12.0. The molecule has 1 aliphatic carbocycles. The molecular weight excluding hydrogens is 226 g/mol. The number of hydrogen-bond donors (Lipinski definition) is 1. The van der Waals surface area contributed by atoms with Gasteiger partial charge < -0.3 is 14.8 Å². The summed E-state index contributed by atoms with van der Waals surface area (Å²) in [6.45, 7) is 5.09. The zero-order chi connectivity index (χ0) is 12.8. The summed E-state index contributed by atoms with van der Waals surface area (Å²) in [5, 5.41) is 3.73. The average molecular weight is 255 g/mol. The Morgan fingerprint density at radius 1 is 1.22 bits per heavy atom. The topological polar surface area (TPSA) is 30.5 Å². The lowest BCUT2D eigenvalue weighted by Crippen LogP contribution is -2.57. The Labute approximate surface area is 112 Å². The molecule has 1 aliphatic heterocycles. The molecule has 106 valence electrons. The second-order valence-corrected chi connectivity index (χ2v) is 5.81.